The summed E-state index contributed by atoms with van der Waals surface area (Å²) < 4.78 is 38.3. The quantitative estimate of drug-likeness (QED) is 0.906. The van der Waals surface area contributed by atoms with Gasteiger partial charge in [-0.1, -0.05) is 12.1 Å². The summed E-state index contributed by atoms with van der Waals surface area (Å²) in [6.45, 7) is 1.35. The molecule has 1 amide bonds. The van der Waals surface area contributed by atoms with Gasteiger partial charge in [0.15, 0.2) is 0 Å². The van der Waals surface area contributed by atoms with E-state index in [0.29, 0.717) is 18.1 Å². The maximum Gasteiger partial charge on any atom is 0.416 e. The summed E-state index contributed by atoms with van der Waals surface area (Å²) in [7, 11) is 0. The zero-order valence-corrected chi connectivity index (χ0v) is 14.0. The van der Waals surface area contributed by atoms with Gasteiger partial charge < -0.3 is 10.2 Å². The molecule has 2 heterocycles. The second-order valence-corrected chi connectivity index (χ2v) is 6.25. The van der Waals surface area contributed by atoms with E-state index in [9.17, 15) is 18.0 Å². The van der Waals surface area contributed by atoms with Crippen LogP contribution in [0.3, 0.4) is 0 Å². The average Bonchev–Trinajstić information content (AvgIpc) is 2.66. The van der Waals surface area contributed by atoms with Gasteiger partial charge in [-0.25, -0.2) is 9.97 Å². The van der Waals surface area contributed by atoms with Gasteiger partial charge >= 0.3 is 6.18 Å². The molecule has 0 spiro atoms. The summed E-state index contributed by atoms with van der Waals surface area (Å²) in [6.07, 6.45) is 0.483. The number of halogens is 3. The van der Waals surface area contributed by atoms with E-state index in [1.165, 1.54) is 6.07 Å². The normalized spacial score (nSPS) is 17.8. The minimum absolute atomic E-state index is 0.0705. The van der Waals surface area contributed by atoms with Crippen molar-refractivity contribution in [1.29, 1.82) is 0 Å². The highest BCUT2D eigenvalue weighted by Crippen LogP contribution is 2.29. The van der Waals surface area contributed by atoms with Crippen LogP contribution in [0, 0.1) is 5.92 Å². The van der Waals surface area contributed by atoms with Gasteiger partial charge in [-0.15, -0.1) is 0 Å². The van der Waals surface area contributed by atoms with Gasteiger partial charge in [0.25, 0.3) is 0 Å². The van der Waals surface area contributed by atoms with Crippen LogP contribution in [0.25, 0.3) is 0 Å². The van der Waals surface area contributed by atoms with Gasteiger partial charge in [0, 0.05) is 32.0 Å². The Hall–Kier alpha value is -2.64. The van der Waals surface area contributed by atoms with Crippen molar-refractivity contribution in [1.82, 2.24) is 15.3 Å². The number of hydrogen-bond donors (Lipinski definition) is 1. The number of hydrogen-bond acceptors (Lipinski definition) is 4. The van der Waals surface area contributed by atoms with Gasteiger partial charge in [-0.3, -0.25) is 4.79 Å². The van der Waals surface area contributed by atoms with E-state index >= 15 is 0 Å². The molecule has 138 valence electrons. The summed E-state index contributed by atoms with van der Waals surface area (Å²) in [5.41, 5.74) is -0.290. The second kappa shape index (κ2) is 7.72. The molecule has 0 unspecified atom stereocenters. The van der Waals surface area contributed by atoms with E-state index in [4.69, 9.17) is 0 Å². The predicted octanol–water partition coefficient (Wildman–Crippen LogP) is 3.03. The lowest BCUT2D eigenvalue weighted by molar-refractivity contribution is -0.137. The standard InChI is InChI=1S/C18H19F3N4O/c19-18(20,21)15-6-1-4-13(10-15)11-24-16(26)14-5-2-9-25(12-14)17-22-7-3-8-23-17/h1,3-4,6-8,10,14H,2,5,9,11-12H2,(H,24,26)/t14-/m0/s1. The number of benzene rings is 1. The number of carbonyl (C=O) groups is 1. The molecule has 5 nitrogen and oxygen atoms in total. The number of piperidine rings is 1. The Balaban J connectivity index is 1.58. The van der Waals surface area contributed by atoms with Crippen molar-refractivity contribution < 1.29 is 18.0 Å². The van der Waals surface area contributed by atoms with Crippen molar-refractivity contribution in [3.8, 4) is 0 Å². The summed E-state index contributed by atoms with van der Waals surface area (Å²) in [5.74, 6) is 0.185. The first-order valence-corrected chi connectivity index (χ1v) is 8.39. The molecule has 2 aromatic rings. The molecule has 1 fully saturated rings. The van der Waals surface area contributed by atoms with Gasteiger partial charge in [0.1, 0.15) is 0 Å². The fourth-order valence-corrected chi connectivity index (χ4v) is 3.02. The molecule has 1 aliphatic heterocycles. The van der Waals surface area contributed by atoms with Crippen molar-refractivity contribution in [2.45, 2.75) is 25.6 Å². The van der Waals surface area contributed by atoms with Gasteiger partial charge in [0.2, 0.25) is 11.9 Å². The third-order valence-electron chi connectivity index (χ3n) is 4.35. The summed E-state index contributed by atoms with van der Waals surface area (Å²) in [5, 5.41) is 2.75. The van der Waals surface area contributed by atoms with Crippen LogP contribution in [0.1, 0.15) is 24.0 Å². The van der Waals surface area contributed by atoms with Gasteiger partial charge in [0.05, 0.1) is 11.5 Å². The predicted molar refractivity (Wildman–Crippen MR) is 90.3 cm³/mol. The van der Waals surface area contributed by atoms with Gasteiger partial charge in [-0.05, 0) is 36.6 Å². The van der Waals surface area contributed by atoms with Crippen molar-refractivity contribution in [2.75, 3.05) is 18.0 Å². The minimum Gasteiger partial charge on any atom is -0.352 e. The summed E-state index contributed by atoms with van der Waals surface area (Å²) in [4.78, 5) is 22.8. The van der Waals surface area contributed by atoms with Crippen LogP contribution in [0.5, 0.6) is 0 Å². The zero-order chi connectivity index (χ0) is 18.6. The Kier molecular flexibility index (Phi) is 5.39. The highest BCUT2D eigenvalue weighted by atomic mass is 19.4. The zero-order valence-electron chi connectivity index (χ0n) is 14.0. The highest BCUT2D eigenvalue weighted by Gasteiger charge is 2.30. The molecule has 26 heavy (non-hydrogen) atoms. The SMILES string of the molecule is O=C(NCc1cccc(C(F)(F)F)c1)[C@H]1CCCN(c2ncccn2)C1. The molecule has 1 N–H and O–H groups in total. The molecule has 0 bridgehead atoms. The lowest BCUT2D eigenvalue weighted by Crippen LogP contribution is -2.43. The Morgan fingerprint density at radius 1 is 1.23 bits per heavy atom. The number of carbonyl (C=O) groups excluding carboxylic acids is 1. The molecule has 1 atom stereocenters. The number of anilines is 1. The topological polar surface area (TPSA) is 58.1 Å². The summed E-state index contributed by atoms with van der Waals surface area (Å²) in [6, 6.07) is 6.72. The molecule has 8 heteroatoms. The number of nitrogens with one attached hydrogen (secondary N) is 1. The number of amides is 1. The average molecular weight is 364 g/mol. The first-order valence-electron chi connectivity index (χ1n) is 8.39. The monoisotopic (exact) mass is 364 g/mol. The molecule has 0 saturated carbocycles. The van der Waals surface area contributed by atoms with Crippen LogP contribution in [-0.4, -0.2) is 29.0 Å². The van der Waals surface area contributed by atoms with E-state index in [1.54, 1.807) is 24.5 Å². The molecule has 0 aliphatic carbocycles. The van der Waals surface area contributed by atoms with Gasteiger partial charge in [-0.2, -0.15) is 13.2 Å². The van der Waals surface area contributed by atoms with E-state index in [-0.39, 0.29) is 18.4 Å². The fourth-order valence-electron chi connectivity index (χ4n) is 3.02. The van der Waals surface area contributed by atoms with Crippen LogP contribution in [0.4, 0.5) is 19.1 Å². The molecular formula is C18H19F3N4O. The number of nitrogens with zero attached hydrogens (tertiary/aromatic N) is 3. The fraction of sp³-hybridized carbons (Fsp3) is 0.389. The second-order valence-electron chi connectivity index (χ2n) is 6.25. The number of aromatic nitrogens is 2. The number of rotatable bonds is 4. The first-order chi connectivity index (χ1) is 12.4. The van der Waals surface area contributed by atoms with Crippen LogP contribution in [0.2, 0.25) is 0 Å². The molecule has 0 radical (unpaired) electrons. The molecule has 1 aromatic carbocycles. The Morgan fingerprint density at radius 3 is 2.73 bits per heavy atom. The maximum absolute atomic E-state index is 12.8. The summed E-state index contributed by atoms with van der Waals surface area (Å²) >= 11 is 0. The van der Waals surface area contributed by atoms with Crippen LogP contribution in [-0.2, 0) is 17.5 Å². The molecule has 3 rings (SSSR count). The Labute approximate surface area is 149 Å². The Bertz CT molecular complexity index is 752. The third-order valence-corrected chi connectivity index (χ3v) is 4.35. The van der Waals surface area contributed by atoms with Crippen molar-refractivity contribution >= 4 is 11.9 Å². The van der Waals surface area contributed by atoms with Crippen LogP contribution >= 0.6 is 0 Å². The molecule has 1 aromatic heterocycles. The van der Waals surface area contributed by atoms with Crippen molar-refractivity contribution in [3.05, 3.63) is 53.9 Å². The lowest BCUT2D eigenvalue weighted by atomic mass is 9.97. The molecule has 1 aliphatic rings. The molecular weight excluding hydrogens is 345 g/mol. The lowest BCUT2D eigenvalue weighted by Gasteiger charge is -2.31. The van der Waals surface area contributed by atoms with Crippen LogP contribution < -0.4 is 10.2 Å². The van der Waals surface area contributed by atoms with E-state index in [2.05, 4.69) is 15.3 Å². The Morgan fingerprint density at radius 2 is 2.00 bits per heavy atom. The third kappa shape index (κ3) is 4.50. The van der Waals surface area contributed by atoms with Crippen LogP contribution in [0.15, 0.2) is 42.7 Å². The molecule has 1 saturated heterocycles. The van der Waals surface area contributed by atoms with E-state index in [0.717, 1.165) is 31.5 Å². The van der Waals surface area contributed by atoms with Crippen molar-refractivity contribution in [3.63, 3.8) is 0 Å². The highest BCUT2D eigenvalue weighted by molar-refractivity contribution is 5.79. The minimum atomic E-state index is -4.39. The number of alkyl halides is 3. The van der Waals surface area contributed by atoms with Crippen molar-refractivity contribution in [2.24, 2.45) is 5.92 Å². The smallest absolute Gasteiger partial charge is 0.352 e. The first kappa shape index (κ1) is 18.2. The maximum atomic E-state index is 12.8. The van der Waals surface area contributed by atoms with E-state index in [1.807, 2.05) is 4.90 Å². The largest absolute Gasteiger partial charge is 0.416 e. The van der Waals surface area contributed by atoms with E-state index < -0.39 is 11.7 Å².